The quantitative estimate of drug-likeness (QED) is 0.612. The minimum atomic E-state index is 0. The van der Waals surface area contributed by atoms with Crippen LogP contribution in [0, 0.1) is 0 Å². The van der Waals surface area contributed by atoms with Crippen molar-refractivity contribution in [2.75, 3.05) is 13.1 Å². The number of quaternary nitrogens is 1. The van der Waals surface area contributed by atoms with Gasteiger partial charge in [0.05, 0.1) is 30.5 Å². The van der Waals surface area contributed by atoms with Crippen LogP contribution >= 0.6 is 11.6 Å². The summed E-state index contributed by atoms with van der Waals surface area (Å²) in [5.41, 5.74) is 3.50. The van der Waals surface area contributed by atoms with Crippen LogP contribution in [-0.2, 0) is 6.54 Å². The second kappa shape index (κ2) is 8.63. The van der Waals surface area contributed by atoms with Crippen LogP contribution in [0.2, 0.25) is 5.02 Å². The van der Waals surface area contributed by atoms with E-state index in [0.717, 1.165) is 17.1 Å². The Kier molecular flexibility index (Phi) is 6.79. The minimum absolute atomic E-state index is 0. The molecule has 1 fully saturated rings. The molecule has 1 aliphatic heterocycles. The van der Waals surface area contributed by atoms with Crippen molar-refractivity contribution in [1.29, 1.82) is 0 Å². The predicted molar refractivity (Wildman–Crippen MR) is 95.3 cm³/mol. The zero-order chi connectivity index (χ0) is 15.6. The van der Waals surface area contributed by atoms with E-state index in [1.807, 2.05) is 36.9 Å². The van der Waals surface area contributed by atoms with Crippen LogP contribution < -0.4 is 17.3 Å². The number of imidazole rings is 1. The number of benzene rings is 1. The van der Waals surface area contributed by atoms with Crippen molar-refractivity contribution in [2.45, 2.75) is 25.4 Å². The molecule has 5 nitrogen and oxygen atoms in total. The minimum Gasteiger partial charge on any atom is -1.00 e. The second-order valence-electron chi connectivity index (χ2n) is 6.30. The Morgan fingerprint density at radius 2 is 2.00 bits per heavy atom. The molecule has 0 atom stereocenters. The lowest BCUT2D eigenvalue weighted by Gasteiger charge is -2.30. The van der Waals surface area contributed by atoms with Crippen molar-refractivity contribution < 1.29 is 22.8 Å². The van der Waals surface area contributed by atoms with Gasteiger partial charge in [-0.1, -0.05) is 17.7 Å². The monoisotopic (exact) mass is 380 g/mol. The number of fused-ring (bicyclic) bond motifs is 1. The lowest BCUT2D eigenvalue weighted by molar-refractivity contribution is -0.919. The van der Waals surface area contributed by atoms with Gasteiger partial charge in [0.2, 0.25) is 0 Å². The van der Waals surface area contributed by atoms with Crippen LogP contribution in [0.1, 0.15) is 24.4 Å². The molecule has 2 aromatic heterocycles. The summed E-state index contributed by atoms with van der Waals surface area (Å²) in [5.74, 6) is 0. The largest absolute Gasteiger partial charge is 1.00 e. The van der Waals surface area contributed by atoms with Crippen LogP contribution in [0.15, 0.2) is 49.1 Å². The van der Waals surface area contributed by atoms with Crippen LogP contribution in [-0.4, -0.2) is 33.1 Å². The van der Waals surface area contributed by atoms with Gasteiger partial charge in [0.25, 0.3) is 0 Å². The Labute approximate surface area is 158 Å². The van der Waals surface area contributed by atoms with Crippen molar-refractivity contribution in [3.05, 3.63) is 59.6 Å². The molecule has 1 aromatic carbocycles. The summed E-state index contributed by atoms with van der Waals surface area (Å²) in [6.07, 6.45) is 8.15. The number of hydrogen-bond acceptors (Lipinski definition) is 2. The van der Waals surface area contributed by atoms with Gasteiger partial charge in [0, 0.05) is 41.9 Å². The van der Waals surface area contributed by atoms with Crippen LogP contribution in [0.25, 0.3) is 11.0 Å². The maximum Gasteiger partial charge on any atom is 0.104 e. The molecule has 4 rings (SSSR count). The molecule has 1 saturated heterocycles. The number of pyridine rings is 1. The highest BCUT2D eigenvalue weighted by Gasteiger charge is 2.24. The molecule has 3 N–H and O–H groups in total. The predicted octanol–water partition coefficient (Wildman–Crippen LogP) is -1.32. The summed E-state index contributed by atoms with van der Waals surface area (Å²) in [6, 6.07) is 10.7. The summed E-state index contributed by atoms with van der Waals surface area (Å²) in [7, 11) is 0. The molecular formula is C18H22Cl2N4O. The fourth-order valence-electron chi connectivity index (χ4n) is 3.55. The molecule has 0 spiro atoms. The zero-order valence-corrected chi connectivity index (χ0v) is 15.3. The summed E-state index contributed by atoms with van der Waals surface area (Å²) >= 11 is 6.05. The number of nitrogens with zero attached hydrogens (tertiary/aromatic N) is 3. The average molecular weight is 381 g/mol. The second-order valence-corrected chi connectivity index (χ2v) is 6.74. The van der Waals surface area contributed by atoms with E-state index in [1.54, 1.807) is 4.90 Å². The molecule has 0 aliphatic carbocycles. The van der Waals surface area contributed by atoms with Crippen LogP contribution in [0.4, 0.5) is 0 Å². The van der Waals surface area contributed by atoms with Gasteiger partial charge in [0.15, 0.2) is 0 Å². The SMILES string of the molecule is Clc1ccc2c(c1)ncn2C1CC[NH+](Cc2cccnc2)CC1.O.[Cl-]. The standard InChI is InChI=1S/C18H19ClN4.ClH.H2O/c19-15-3-4-18-17(10-15)21-13-23(18)16-5-8-22(9-6-16)12-14-2-1-7-20-11-14;;/h1-4,7,10-11,13,16H,5-6,8-9,12H2;1H;1H2. The van der Waals surface area contributed by atoms with Gasteiger partial charge in [-0.25, -0.2) is 4.98 Å². The Morgan fingerprint density at radius 3 is 2.72 bits per heavy atom. The fourth-order valence-corrected chi connectivity index (χ4v) is 3.72. The first-order chi connectivity index (χ1) is 11.3. The highest BCUT2D eigenvalue weighted by Crippen LogP contribution is 2.25. The first kappa shape index (κ1) is 19.7. The number of rotatable bonds is 3. The number of likely N-dealkylation sites (tertiary alicyclic amines) is 1. The Balaban J connectivity index is 0.00000113. The molecule has 0 saturated carbocycles. The molecule has 3 heterocycles. The molecule has 0 unspecified atom stereocenters. The number of nitrogens with one attached hydrogen (secondary N) is 1. The van der Waals surface area contributed by atoms with E-state index < -0.39 is 0 Å². The van der Waals surface area contributed by atoms with Gasteiger partial charge in [-0.3, -0.25) is 4.98 Å². The third-order valence-corrected chi connectivity index (χ3v) is 5.00. The van der Waals surface area contributed by atoms with Gasteiger partial charge in [0.1, 0.15) is 6.54 Å². The van der Waals surface area contributed by atoms with Gasteiger partial charge >= 0.3 is 0 Å². The number of aromatic nitrogens is 3. The molecule has 7 heteroatoms. The van der Waals surface area contributed by atoms with Gasteiger partial charge < -0.3 is 27.4 Å². The smallest absolute Gasteiger partial charge is 0.104 e. The highest BCUT2D eigenvalue weighted by molar-refractivity contribution is 6.31. The van der Waals surface area contributed by atoms with Crippen molar-refractivity contribution in [3.63, 3.8) is 0 Å². The van der Waals surface area contributed by atoms with Gasteiger partial charge in [-0.05, 0) is 24.3 Å². The molecule has 134 valence electrons. The van der Waals surface area contributed by atoms with Crippen molar-refractivity contribution in [1.82, 2.24) is 14.5 Å². The average Bonchev–Trinajstić information content (AvgIpc) is 2.99. The van der Waals surface area contributed by atoms with E-state index in [4.69, 9.17) is 11.6 Å². The molecule has 0 bridgehead atoms. The molecule has 25 heavy (non-hydrogen) atoms. The fraction of sp³-hybridized carbons (Fsp3) is 0.333. The summed E-state index contributed by atoms with van der Waals surface area (Å²) < 4.78 is 2.33. The summed E-state index contributed by atoms with van der Waals surface area (Å²) in [4.78, 5) is 10.4. The van der Waals surface area contributed by atoms with Crippen molar-refractivity contribution >= 4 is 22.6 Å². The molecular weight excluding hydrogens is 359 g/mol. The number of halogens is 2. The van der Waals surface area contributed by atoms with E-state index in [-0.39, 0.29) is 17.9 Å². The Hall–Kier alpha value is -1.66. The molecule has 1 aliphatic rings. The zero-order valence-electron chi connectivity index (χ0n) is 13.8. The highest BCUT2D eigenvalue weighted by atomic mass is 35.5. The van der Waals surface area contributed by atoms with Crippen molar-refractivity contribution in [3.8, 4) is 0 Å². The van der Waals surface area contributed by atoms with Crippen LogP contribution in [0.3, 0.4) is 0 Å². The molecule has 0 radical (unpaired) electrons. The van der Waals surface area contributed by atoms with E-state index in [9.17, 15) is 0 Å². The van der Waals surface area contributed by atoms with E-state index in [1.165, 1.54) is 37.0 Å². The molecule has 0 amide bonds. The number of piperidine rings is 1. The summed E-state index contributed by atoms with van der Waals surface area (Å²) in [5, 5.41) is 0.749. The first-order valence-corrected chi connectivity index (χ1v) is 8.52. The van der Waals surface area contributed by atoms with Crippen LogP contribution in [0.5, 0.6) is 0 Å². The number of hydrogen-bond donors (Lipinski definition) is 1. The van der Waals surface area contributed by atoms with Crippen molar-refractivity contribution in [2.24, 2.45) is 0 Å². The maximum absolute atomic E-state index is 6.05. The third-order valence-electron chi connectivity index (χ3n) is 4.77. The Bertz CT molecular complexity index is 801. The normalized spacial score (nSPS) is 19.9. The van der Waals surface area contributed by atoms with Gasteiger partial charge in [-0.2, -0.15) is 0 Å². The summed E-state index contributed by atoms with van der Waals surface area (Å²) in [6.45, 7) is 3.44. The van der Waals surface area contributed by atoms with E-state index in [0.29, 0.717) is 6.04 Å². The topological polar surface area (TPSA) is 66.7 Å². The molecule has 3 aromatic rings. The lowest BCUT2D eigenvalue weighted by Crippen LogP contribution is -3.11. The van der Waals surface area contributed by atoms with E-state index in [2.05, 4.69) is 26.7 Å². The Morgan fingerprint density at radius 1 is 1.20 bits per heavy atom. The third kappa shape index (κ3) is 4.30. The van der Waals surface area contributed by atoms with Gasteiger partial charge in [-0.15, -0.1) is 0 Å². The van der Waals surface area contributed by atoms with E-state index >= 15 is 0 Å². The maximum atomic E-state index is 6.05. The lowest BCUT2D eigenvalue weighted by atomic mass is 10.0. The first-order valence-electron chi connectivity index (χ1n) is 8.14.